The molecule has 1 amide bonds. The van der Waals surface area contributed by atoms with Gasteiger partial charge in [0.1, 0.15) is 5.82 Å². The van der Waals surface area contributed by atoms with Gasteiger partial charge in [0.05, 0.1) is 17.4 Å². The van der Waals surface area contributed by atoms with E-state index in [0.717, 1.165) is 45.1 Å². The van der Waals surface area contributed by atoms with Gasteiger partial charge < -0.3 is 10.1 Å². The maximum absolute atomic E-state index is 14.4. The minimum atomic E-state index is -0.303. The van der Waals surface area contributed by atoms with Crippen LogP contribution in [-0.4, -0.2) is 45.7 Å². The fourth-order valence-corrected chi connectivity index (χ4v) is 4.92. The highest BCUT2D eigenvalue weighted by molar-refractivity contribution is 7.99. The molecule has 0 bridgehead atoms. The third-order valence-corrected chi connectivity index (χ3v) is 6.55. The number of nitrogens with zero attached hydrogens (tertiary/aromatic N) is 3. The number of hydrogen-bond donors (Lipinski definition) is 1. The van der Waals surface area contributed by atoms with Crippen molar-refractivity contribution < 1.29 is 13.9 Å². The largest absolute Gasteiger partial charge is 0.376 e. The summed E-state index contributed by atoms with van der Waals surface area (Å²) in [6.45, 7) is 1.33. The number of carbonyl (C=O) groups excluding carboxylic acids is 1. The van der Waals surface area contributed by atoms with E-state index >= 15 is 0 Å². The molecule has 156 valence electrons. The fourth-order valence-electron chi connectivity index (χ4n) is 4.08. The molecular weight excluding hydrogens is 391 g/mol. The number of thioether (sulfide) groups is 1. The van der Waals surface area contributed by atoms with Gasteiger partial charge in [-0.05, 0) is 37.8 Å². The Labute approximate surface area is 174 Å². The number of nitrogens with one attached hydrogen (secondary N) is 1. The van der Waals surface area contributed by atoms with Crippen LogP contribution in [0.15, 0.2) is 29.4 Å². The van der Waals surface area contributed by atoms with Gasteiger partial charge in [0.25, 0.3) is 0 Å². The molecule has 2 aromatic rings. The zero-order valence-corrected chi connectivity index (χ0v) is 17.3. The van der Waals surface area contributed by atoms with Crippen LogP contribution in [0.5, 0.6) is 0 Å². The second-order valence-electron chi connectivity index (χ2n) is 7.68. The number of rotatable bonds is 7. The summed E-state index contributed by atoms with van der Waals surface area (Å²) < 4.78 is 22.0. The van der Waals surface area contributed by atoms with Crippen LogP contribution < -0.4 is 5.32 Å². The predicted molar refractivity (Wildman–Crippen MR) is 110 cm³/mol. The van der Waals surface area contributed by atoms with Gasteiger partial charge in [-0.25, -0.2) is 4.39 Å². The quantitative estimate of drug-likeness (QED) is 0.689. The van der Waals surface area contributed by atoms with Crippen molar-refractivity contribution in [2.45, 2.75) is 62.2 Å². The maximum Gasteiger partial charge on any atom is 0.230 e. The number of benzene rings is 1. The normalized spacial score (nSPS) is 20.1. The van der Waals surface area contributed by atoms with E-state index < -0.39 is 0 Å². The number of amides is 1. The van der Waals surface area contributed by atoms with Crippen molar-refractivity contribution in [1.29, 1.82) is 0 Å². The van der Waals surface area contributed by atoms with E-state index in [9.17, 15) is 9.18 Å². The van der Waals surface area contributed by atoms with Gasteiger partial charge in [0.2, 0.25) is 5.91 Å². The summed E-state index contributed by atoms with van der Waals surface area (Å²) in [5, 5.41) is 12.3. The first-order chi connectivity index (χ1) is 14.2. The fraction of sp³-hybridized carbons (Fsp3) is 0.571. The summed E-state index contributed by atoms with van der Waals surface area (Å²) in [5.74, 6) is 0.464. The molecule has 2 heterocycles. The number of aromatic nitrogens is 3. The molecule has 6 nitrogen and oxygen atoms in total. The first kappa shape index (κ1) is 20.3. The summed E-state index contributed by atoms with van der Waals surface area (Å²) in [5.41, 5.74) is 0.459. The Morgan fingerprint density at radius 2 is 2.00 bits per heavy atom. The molecule has 4 rings (SSSR count). The summed E-state index contributed by atoms with van der Waals surface area (Å²) in [4.78, 5) is 12.3. The van der Waals surface area contributed by atoms with Crippen molar-refractivity contribution in [3.8, 4) is 11.4 Å². The Hall–Kier alpha value is -1.93. The molecule has 1 aromatic carbocycles. The van der Waals surface area contributed by atoms with Crippen molar-refractivity contribution in [2.24, 2.45) is 0 Å². The van der Waals surface area contributed by atoms with Crippen LogP contribution in [-0.2, 0) is 9.53 Å². The maximum atomic E-state index is 14.4. The summed E-state index contributed by atoms with van der Waals surface area (Å²) in [7, 11) is 0. The van der Waals surface area contributed by atoms with Crippen LogP contribution in [0.25, 0.3) is 11.4 Å². The Balaban J connectivity index is 1.48. The summed E-state index contributed by atoms with van der Waals surface area (Å²) in [6, 6.07) is 6.91. The first-order valence-corrected chi connectivity index (χ1v) is 11.4. The lowest BCUT2D eigenvalue weighted by Gasteiger charge is -2.25. The number of carbonyl (C=O) groups is 1. The molecule has 1 aliphatic heterocycles. The van der Waals surface area contributed by atoms with Crippen LogP contribution in [0.2, 0.25) is 0 Å². The van der Waals surface area contributed by atoms with Gasteiger partial charge >= 0.3 is 0 Å². The van der Waals surface area contributed by atoms with E-state index in [1.165, 1.54) is 24.2 Å². The number of hydrogen-bond acceptors (Lipinski definition) is 5. The molecule has 0 radical (unpaired) electrons. The average Bonchev–Trinajstić information content (AvgIpc) is 3.41. The second-order valence-corrected chi connectivity index (χ2v) is 8.62. The molecule has 1 aromatic heterocycles. The van der Waals surface area contributed by atoms with E-state index in [1.807, 2.05) is 6.07 Å². The molecule has 0 spiro atoms. The topological polar surface area (TPSA) is 69.0 Å². The van der Waals surface area contributed by atoms with E-state index in [0.29, 0.717) is 23.1 Å². The van der Waals surface area contributed by atoms with Crippen LogP contribution in [0.3, 0.4) is 0 Å². The molecule has 8 heteroatoms. The molecular formula is C21H27FN4O2S. The first-order valence-electron chi connectivity index (χ1n) is 10.4. The van der Waals surface area contributed by atoms with Crippen molar-refractivity contribution in [3.05, 3.63) is 30.1 Å². The molecule has 1 saturated carbocycles. The van der Waals surface area contributed by atoms with Crippen molar-refractivity contribution in [1.82, 2.24) is 20.1 Å². The highest BCUT2D eigenvalue weighted by Gasteiger charge is 2.25. The van der Waals surface area contributed by atoms with Gasteiger partial charge in [0, 0.05) is 19.2 Å². The van der Waals surface area contributed by atoms with Gasteiger partial charge in [-0.15, -0.1) is 10.2 Å². The van der Waals surface area contributed by atoms with Crippen molar-refractivity contribution >= 4 is 17.7 Å². The number of ether oxygens (including phenoxy) is 1. The van der Waals surface area contributed by atoms with Gasteiger partial charge in [-0.2, -0.15) is 0 Å². The van der Waals surface area contributed by atoms with E-state index in [1.54, 1.807) is 12.1 Å². The van der Waals surface area contributed by atoms with E-state index in [2.05, 4.69) is 20.1 Å². The third kappa shape index (κ3) is 4.98. The minimum absolute atomic E-state index is 0.0452. The van der Waals surface area contributed by atoms with Crippen LogP contribution >= 0.6 is 11.8 Å². The highest BCUT2D eigenvalue weighted by atomic mass is 32.2. The number of halogens is 1. The van der Waals surface area contributed by atoms with Crippen molar-refractivity contribution in [3.63, 3.8) is 0 Å². The highest BCUT2D eigenvalue weighted by Crippen LogP contribution is 2.36. The van der Waals surface area contributed by atoms with E-state index in [-0.39, 0.29) is 29.6 Å². The SMILES string of the molecule is O=C(CSc1nnc(-c2ccccc2F)n1C1CCCCC1)NC[C@H]1CCCO1. The Kier molecular flexibility index (Phi) is 6.82. The molecule has 2 aliphatic rings. The van der Waals surface area contributed by atoms with Gasteiger partial charge in [0.15, 0.2) is 11.0 Å². The standard InChI is InChI=1S/C21H27FN4O2S/c22-18-11-5-4-10-17(18)20-24-25-21(26(20)15-7-2-1-3-8-15)29-14-19(27)23-13-16-9-6-12-28-16/h4-5,10-11,15-16H,1-3,6-9,12-14H2,(H,23,27)/t16-/m1/s1. The van der Waals surface area contributed by atoms with Crippen LogP contribution in [0.4, 0.5) is 4.39 Å². The lowest BCUT2D eigenvalue weighted by atomic mass is 9.95. The van der Waals surface area contributed by atoms with E-state index in [4.69, 9.17) is 4.74 Å². The molecule has 1 atom stereocenters. The Morgan fingerprint density at radius 3 is 2.76 bits per heavy atom. The predicted octanol–water partition coefficient (Wildman–Crippen LogP) is 3.98. The van der Waals surface area contributed by atoms with Gasteiger partial charge in [-0.3, -0.25) is 9.36 Å². The lowest BCUT2D eigenvalue weighted by Crippen LogP contribution is -2.33. The van der Waals surface area contributed by atoms with Gasteiger partial charge in [-0.1, -0.05) is 43.2 Å². The van der Waals surface area contributed by atoms with Crippen LogP contribution in [0, 0.1) is 5.82 Å². The molecule has 0 unspecified atom stereocenters. The lowest BCUT2D eigenvalue weighted by molar-refractivity contribution is -0.119. The Bertz CT molecular complexity index is 832. The summed E-state index contributed by atoms with van der Waals surface area (Å²) >= 11 is 1.37. The zero-order valence-electron chi connectivity index (χ0n) is 16.5. The second kappa shape index (κ2) is 9.71. The zero-order chi connectivity index (χ0) is 20.1. The van der Waals surface area contributed by atoms with Crippen molar-refractivity contribution in [2.75, 3.05) is 18.9 Å². The molecule has 1 N–H and O–H groups in total. The molecule has 2 fully saturated rings. The molecule has 29 heavy (non-hydrogen) atoms. The monoisotopic (exact) mass is 418 g/mol. The molecule has 1 saturated heterocycles. The average molecular weight is 419 g/mol. The summed E-state index contributed by atoms with van der Waals surface area (Å²) in [6.07, 6.45) is 7.74. The smallest absolute Gasteiger partial charge is 0.230 e. The Morgan fingerprint density at radius 1 is 1.17 bits per heavy atom. The minimum Gasteiger partial charge on any atom is -0.376 e. The molecule has 1 aliphatic carbocycles. The van der Waals surface area contributed by atoms with Crippen LogP contribution in [0.1, 0.15) is 51.0 Å². The third-order valence-electron chi connectivity index (χ3n) is 5.60.